The van der Waals surface area contributed by atoms with Crippen molar-refractivity contribution < 1.29 is 23.1 Å². The van der Waals surface area contributed by atoms with E-state index in [4.69, 9.17) is 9.90 Å². The molecule has 0 unspecified atom stereocenters. The third-order valence-electron chi connectivity index (χ3n) is 3.42. The van der Waals surface area contributed by atoms with Gasteiger partial charge in [-0.05, 0) is 18.6 Å². The molecule has 2 N–H and O–H groups in total. The number of hydrogen-bond acceptors (Lipinski definition) is 4. The zero-order chi connectivity index (χ0) is 14.8. The summed E-state index contributed by atoms with van der Waals surface area (Å²) < 4.78 is 37.8. The molecule has 0 aliphatic carbocycles. The van der Waals surface area contributed by atoms with Gasteiger partial charge in [-0.1, -0.05) is 0 Å². The van der Waals surface area contributed by atoms with Gasteiger partial charge in [0, 0.05) is 31.4 Å². The predicted molar refractivity (Wildman–Crippen MR) is 65.5 cm³/mol. The van der Waals surface area contributed by atoms with E-state index in [0.717, 1.165) is 31.6 Å². The van der Waals surface area contributed by atoms with E-state index in [1.54, 1.807) is 0 Å². The number of pyridine rings is 1. The molecule has 0 saturated carbocycles. The number of carbonyl (C=O) groups is 1. The van der Waals surface area contributed by atoms with E-state index in [-0.39, 0.29) is 12.5 Å². The lowest BCUT2D eigenvalue weighted by Crippen LogP contribution is -2.44. The van der Waals surface area contributed by atoms with E-state index in [9.17, 15) is 13.2 Å². The Bertz CT molecular complexity index is 481. The van der Waals surface area contributed by atoms with Gasteiger partial charge in [0.15, 0.2) is 0 Å². The molecule has 0 radical (unpaired) electrons. The normalized spacial score (nSPS) is 24.2. The first-order valence-corrected chi connectivity index (χ1v) is 6.07. The van der Waals surface area contributed by atoms with Crippen molar-refractivity contribution in [2.45, 2.75) is 24.7 Å². The summed E-state index contributed by atoms with van der Waals surface area (Å²) in [7, 11) is 0. The fraction of sp³-hybridized carbons (Fsp3) is 0.500. The summed E-state index contributed by atoms with van der Waals surface area (Å²) in [6.45, 7) is 1.33. The first kappa shape index (κ1) is 14.6. The number of halogens is 3. The highest BCUT2D eigenvalue weighted by Crippen LogP contribution is 2.33. The van der Waals surface area contributed by atoms with Crippen molar-refractivity contribution in [2.75, 3.05) is 18.0 Å². The van der Waals surface area contributed by atoms with Crippen LogP contribution in [-0.4, -0.2) is 41.7 Å². The van der Waals surface area contributed by atoms with Gasteiger partial charge in [-0.25, -0.2) is 4.98 Å². The first-order chi connectivity index (χ1) is 9.45. The second-order valence-electron chi connectivity index (χ2n) is 4.65. The summed E-state index contributed by atoms with van der Waals surface area (Å²) in [6.07, 6.45) is -2.07. The number of nitrogens with zero attached hydrogens (tertiary/aromatic N) is 2. The van der Waals surface area contributed by atoms with Crippen LogP contribution in [0.5, 0.6) is 0 Å². The highest BCUT2D eigenvalue weighted by atomic mass is 19.4. The van der Waals surface area contributed by atoms with E-state index in [1.807, 2.05) is 4.90 Å². The van der Waals surface area contributed by atoms with Crippen LogP contribution in [0.2, 0.25) is 0 Å². The summed E-state index contributed by atoms with van der Waals surface area (Å²) in [5.74, 6) is 0.439. The van der Waals surface area contributed by atoms with Crippen LogP contribution >= 0.6 is 0 Å². The average Bonchev–Trinajstić information content (AvgIpc) is 3.01. The van der Waals surface area contributed by atoms with Crippen molar-refractivity contribution in [1.82, 2.24) is 10.3 Å². The predicted octanol–water partition coefficient (Wildman–Crippen LogP) is 1.35. The van der Waals surface area contributed by atoms with Gasteiger partial charge in [-0.15, -0.1) is 0 Å². The van der Waals surface area contributed by atoms with Crippen molar-refractivity contribution in [2.24, 2.45) is 0 Å². The lowest BCUT2D eigenvalue weighted by molar-refractivity contribution is -0.137. The maximum atomic E-state index is 12.6. The Kier molecular flexibility index (Phi) is 4.12. The van der Waals surface area contributed by atoms with E-state index < -0.39 is 11.7 Å². The second-order valence-corrected chi connectivity index (χ2v) is 4.65. The summed E-state index contributed by atoms with van der Waals surface area (Å²) in [6, 6.07) is 2.84. The molecule has 2 aliphatic rings. The maximum absolute atomic E-state index is 12.6. The number of alkyl halides is 3. The molecule has 3 heterocycles. The van der Waals surface area contributed by atoms with Crippen molar-refractivity contribution >= 4 is 12.3 Å². The van der Waals surface area contributed by atoms with Gasteiger partial charge in [0.1, 0.15) is 5.82 Å². The van der Waals surface area contributed by atoms with Crippen LogP contribution in [0.1, 0.15) is 12.0 Å². The summed E-state index contributed by atoms with van der Waals surface area (Å²) in [5.41, 5.74) is -0.627. The van der Waals surface area contributed by atoms with Crippen LogP contribution in [0, 0.1) is 0 Å². The topological polar surface area (TPSA) is 65.5 Å². The molecule has 2 saturated heterocycles. The van der Waals surface area contributed by atoms with Crippen molar-refractivity contribution in [3.8, 4) is 0 Å². The van der Waals surface area contributed by atoms with Crippen LogP contribution < -0.4 is 10.2 Å². The molecule has 20 heavy (non-hydrogen) atoms. The van der Waals surface area contributed by atoms with Crippen LogP contribution in [0.25, 0.3) is 0 Å². The standard InChI is InChI=1S/C11H12F3N3.CH2O2/c12-11(13,14)7-1-2-15-10(3-7)17-6-8-4-9(17)5-16-8;2-1-3/h1-3,8-9,16H,4-6H2;1H,(H,2,3)/t8-,9-;/m1./s1. The fourth-order valence-electron chi connectivity index (χ4n) is 2.59. The maximum Gasteiger partial charge on any atom is 0.416 e. The largest absolute Gasteiger partial charge is 0.483 e. The molecule has 0 amide bonds. The molecule has 110 valence electrons. The third-order valence-corrected chi connectivity index (χ3v) is 3.42. The lowest BCUT2D eigenvalue weighted by atomic mass is 10.2. The van der Waals surface area contributed by atoms with Crippen molar-refractivity contribution in [3.05, 3.63) is 23.9 Å². The second kappa shape index (κ2) is 5.66. The summed E-state index contributed by atoms with van der Waals surface area (Å²) in [4.78, 5) is 14.4. The zero-order valence-electron chi connectivity index (χ0n) is 10.5. The number of aromatic nitrogens is 1. The van der Waals surface area contributed by atoms with Crippen LogP contribution in [0.3, 0.4) is 0 Å². The van der Waals surface area contributed by atoms with Gasteiger partial charge in [0.05, 0.1) is 5.56 Å². The van der Waals surface area contributed by atoms with Gasteiger partial charge in [-0.3, -0.25) is 4.79 Å². The Morgan fingerprint density at radius 1 is 1.50 bits per heavy atom. The molecular formula is C12H14F3N3O2. The molecule has 0 spiro atoms. The number of nitrogens with one attached hydrogen (secondary N) is 1. The number of fused-ring (bicyclic) bond motifs is 2. The van der Waals surface area contributed by atoms with Gasteiger partial charge in [-0.2, -0.15) is 13.2 Å². The summed E-state index contributed by atoms with van der Waals surface area (Å²) in [5, 5.41) is 10.2. The van der Waals surface area contributed by atoms with Gasteiger partial charge >= 0.3 is 6.18 Å². The van der Waals surface area contributed by atoms with E-state index in [1.165, 1.54) is 6.20 Å². The average molecular weight is 289 g/mol. The molecule has 5 nitrogen and oxygen atoms in total. The monoisotopic (exact) mass is 289 g/mol. The molecule has 1 aromatic heterocycles. The third kappa shape index (κ3) is 3.01. The van der Waals surface area contributed by atoms with Crippen LogP contribution in [-0.2, 0) is 11.0 Å². The SMILES string of the molecule is FC(F)(F)c1ccnc(N2C[C@H]3C[C@@H]2CN3)c1.O=CO. The van der Waals surface area contributed by atoms with Crippen molar-refractivity contribution in [1.29, 1.82) is 0 Å². The van der Waals surface area contributed by atoms with E-state index in [2.05, 4.69) is 10.3 Å². The van der Waals surface area contributed by atoms with Crippen molar-refractivity contribution in [3.63, 3.8) is 0 Å². The number of hydrogen-bond donors (Lipinski definition) is 2. The van der Waals surface area contributed by atoms with Crippen LogP contribution in [0.4, 0.5) is 19.0 Å². The molecule has 2 fully saturated rings. The number of anilines is 1. The fourth-order valence-corrected chi connectivity index (χ4v) is 2.59. The quantitative estimate of drug-likeness (QED) is 0.764. The Morgan fingerprint density at radius 3 is 2.70 bits per heavy atom. The minimum atomic E-state index is -4.30. The Labute approximate surface area is 113 Å². The molecule has 8 heteroatoms. The number of rotatable bonds is 1. The smallest absolute Gasteiger partial charge is 0.416 e. The van der Waals surface area contributed by atoms with E-state index in [0.29, 0.717) is 11.9 Å². The van der Waals surface area contributed by atoms with Crippen LogP contribution in [0.15, 0.2) is 18.3 Å². The molecule has 0 aromatic carbocycles. The molecule has 2 aliphatic heterocycles. The Balaban J connectivity index is 0.000000452. The molecule has 3 rings (SSSR count). The van der Waals surface area contributed by atoms with Gasteiger partial charge in [0.25, 0.3) is 6.47 Å². The molecular weight excluding hydrogens is 275 g/mol. The highest BCUT2D eigenvalue weighted by molar-refractivity contribution is 5.45. The summed E-state index contributed by atoms with van der Waals surface area (Å²) >= 11 is 0. The molecule has 2 bridgehead atoms. The Hall–Kier alpha value is -1.83. The molecule has 2 atom stereocenters. The lowest BCUT2D eigenvalue weighted by Gasteiger charge is -2.28. The zero-order valence-corrected chi connectivity index (χ0v) is 10.5. The number of piperazine rings is 1. The van der Waals surface area contributed by atoms with Gasteiger partial charge in [0.2, 0.25) is 0 Å². The van der Waals surface area contributed by atoms with Gasteiger partial charge < -0.3 is 15.3 Å². The van der Waals surface area contributed by atoms with E-state index >= 15 is 0 Å². The first-order valence-electron chi connectivity index (χ1n) is 6.07. The minimum absolute atomic E-state index is 0.250. The number of carboxylic acid groups (broad SMARTS) is 1. The molecule has 1 aromatic rings. The minimum Gasteiger partial charge on any atom is -0.483 e. The highest BCUT2D eigenvalue weighted by Gasteiger charge is 2.39. The Morgan fingerprint density at radius 2 is 2.20 bits per heavy atom.